The number of ether oxygens (including phenoxy) is 2. The molecule has 0 saturated carbocycles. The minimum atomic E-state index is -3.80. The molecule has 0 spiro atoms. The summed E-state index contributed by atoms with van der Waals surface area (Å²) < 4.78 is 39.0. The minimum Gasteiger partial charge on any atom is -0.493 e. The van der Waals surface area contributed by atoms with Gasteiger partial charge in [0.1, 0.15) is 0 Å². The van der Waals surface area contributed by atoms with Gasteiger partial charge in [-0.3, -0.25) is 4.31 Å². The Morgan fingerprint density at radius 1 is 0.968 bits per heavy atom. The number of sulfonamides is 1. The molecule has 1 aliphatic rings. The van der Waals surface area contributed by atoms with Crippen LogP contribution in [0.3, 0.4) is 0 Å². The zero-order chi connectivity index (χ0) is 22.0. The van der Waals surface area contributed by atoms with E-state index in [2.05, 4.69) is 41.1 Å². The fourth-order valence-corrected chi connectivity index (χ4v) is 5.16. The van der Waals surface area contributed by atoms with E-state index in [1.807, 2.05) is 0 Å². The second-order valence-corrected chi connectivity index (χ2v) is 9.21. The highest BCUT2D eigenvalue weighted by Crippen LogP contribution is 2.37. The third-order valence-electron chi connectivity index (χ3n) is 5.34. The van der Waals surface area contributed by atoms with Crippen molar-refractivity contribution in [3.8, 4) is 11.5 Å². The highest BCUT2D eigenvalue weighted by molar-refractivity contribution is 7.92. The first-order valence-electron chi connectivity index (χ1n) is 9.94. The first kappa shape index (κ1) is 21.0. The maximum absolute atomic E-state index is 13.5. The van der Waals surface area contributed by atoms with Crippen molar-refractivity contribution < 1.29 is 17.9 Å². The van der Waals surface area contributed by atoms with Gasteiger partial charge in [-0.2, -0.15) is 0 Å². The fourth-order valence-electron chi connectivity index (χ4n) is 3.69. The summed E-state index contributed by atoms with van der Waals surface area (Å²) in [7, 11) is -0.805. The molecular formula is C23H25N3O4S. The van der Waals surface area contributed by atoms with Gasteiger partial charge in [-0.05, 0) is 36.8 Å². The normalized spacial score (nSPS) is 13.6. The maximum Gasteiger partial charge on any atom is 0.264 e. The lowest BCUT2D eigenvalue weighted by Gasteiger charge is -2.37. The number of pyridine rings is 1. The van der Waals surface area contributed by atoms with Crippen molar-refractivity contribution in [2.75, 3.05) is 36.5 Å². The molecule has 4 rings (SSSR count). The van der Waals surface area contributed by atoms with Crippen LogP contribution in [-0.4, -0.2) is 40.7 Å². The van der Waals surface area contributed by atoms with Crippen LogP contribution in [0.1, 0.15) is 11.1 Å². The number of methoxy groups -OCH3 is 2. The number of aryl methyl sites for hydroxylation is 1. The molecule has 1 aromatic heterocycles. The fraction of sp³-hybridized carbons (Fsp3) is 0.261. The van der Waals surface area contributed by atoms with Crippen LogP contribution in [0, 0.1) is 6.92 Å². The third-order valence-corrected chi connectivity index (χ3v) is 7.15. The quantitative estimate of drug-likeness (QED) is 0.584. The molecule has 0 aliphatic carbocycles. The van der Waals surface area contributed by atoms with Crippen molar-refractivity contribution in [2.24, 2.45) is 0 Å². The molecule has 8 heteroatoms. The predicted octanol–water partition coefficient (Wildman–Crippen LogP) is 3.62. The molecule has 0 radical (unpaired) electrons. The maximum atomic E-state index is 13.5. The number of benzene rings is 2. The van der Waals surface area contributed by atoms with E-state index in [4.69, 9.17) is 9.47 Å². The molecule has 0 bridgehead atoms. The lowest BCUT2D eigenvalue weighted by Crippen LogP contribution is -2.44. The van der Waals surface area contributed by atoms with Crippen molar-refractivity contribution in [2.45, 2.75) is 18.4 Å². The van der Waals surface area contributed by atoms with Gasteiger partial charge in [0.2, 0.25) is 0 Å². The van der Waals surface area contributed by atoms with Crippen LogP contribution >= 0.6 is 0 Å². The average molecular weight is 440 g/mol. The number of hydrogen-bond acceptors (Lipinski definition) is 6. The zero-order valence-electron chi connectivity index (χ0n) is 17.8. The molecule has 2 heterocycles. The van der Waals surface area contributed by atoms with Crippen LogP contribution in [0.5, 0.6) is 11.5 Å². The molecular weight excluding hydrogens is 414 g/mol. The van der Waals surface area contributed by atoms with E-state index in [9.17, 15) is 8.42 Å². The van der Waals surface area contributed by atoms with Gasteiger partial charge in [-0.1, -0.05) is 29.8 Å². The Labute approximate surface area is 182 Å². The molecule has 0 N–H and O–H groups in total. The first-order chi connectivity index (χ1) is 14.9. The van der Waals surface area contributed by atoms with Crippen molar-refractivity contribution >= 4 is 21.5 Å². The second kappa shape index (κ2) is 8.47. The predicted molar refractivity (Wildman–Crippen MR) is 121 cm³/mol. The lowest BCUT2D eigenvalue weighted by atomic mass is 10.1. The summed E-state index contributed by atoms with van der Waals surface area (Å²) >= 11 is 0. The zero-order valence-corrected chi connectivity index (χ0v) is 18.6. The highest BCUT2D eigenvalue weighted by Gasteiger charge is 2.33. The molecule has 0 atom stereocenters. The van der Waals surface area contributed by atoms with Crippen LogP contribution in [0.15, 0.2) is 65.7 Å². The van der Waals surface area contributed by atoms with Gasteiger partial charge in [-0.15, -0.1) is 0 Å². The number of hydrogen-bond donors (Lipinski definition) is 0. The van der Waals surface area contributed by atoms with Gasteiger partial charge >= 0.3 is 0 Å². The number of nitrogens with zero attached hydrogens (tertiary/aromatic N) is 3. The van der Waals surface area contributed by atoms with E-state index < -0.39 is 10.0 Å². The van der Waals surface area contributed by atoms with Gasteiger partial charge in [0.25, 0.3) is 10.0 Å². The number of aromatic nitrogens is 1. The summed E-state index contributed by atoms with van der Waals surface area (Å²) in [5.74, 6) is 1.50. The van der Waals surface area contributed by atoms with Gasteiger partial charge in [-0.25, -0.2) is 13.4 Å². The Hall–Kier alpha value is -3.26. The summed E-state index contributed by atoms with van der Waals surface area (Å²) in [6, 6.07) is 16.5. The monoisotopic (exact) mass is 439 g/mol. The molecule has 0 saturated heterocycles. The average Bonchev–Trinajstić information content (AvgIpc) is 2.80. The Bertz CT molecular complexity index is 1180. The van der Waals surface area contributed by atoms with Crippen LogP contribution in [0.4, 0.5) is 11.5 Å². The smallest absolute Gasteiger partial charge is 0.264 e. The number of anilines is 2. The van der Waals surface area contributed by atoms with E-state index in [0.717, 1.165) is 5.56 Å². The molecule has 31 heavy (non-hydrogen) atoms. The van der Waals surface area contributed by atoms with Crippen molar-refractivity contribution in [1.29, 1.82) is 0 Å². The van der Waals surface area contributed by atoms with Gasteiger partial charge < -0.3 is 14.4 Å². The Balaban J connectivity index is 1.68. The summed E-state index contributed by atoms with van der Waals surface area (Å²) in [4.78, 5) is 6.77. The summed E-state index contributed by atoms with van der Waals surface area (Å²) in [5, 5.41) is 0. The Kier molecular flexibility index (Phi) is 5.73. The molecule has 3 aromatic rings. The second-order valence-electron chi connectivity index (χ2n) is 7.35. The minimum absolute atomic E-state index is 0.145. The molecule has 162 valence electrons. The highest BCUT2D eigenvalue weighted by atomic mass is 32.2. The standard InChI is InChI=1S/C23H25N3O4S/c1-17-6-8-18(9-7-17)16-25-13-14-26(20-5-4-12-24-23(20)25)31(27,28)19-10-11-21(29-2)22(15-19)30-3/h4-12,15H,13-14,16H2,1-3H3. The van der Waals surface area contributed by atoms with Crippen LogP contribution in [0.2, 0.25) is 0 Å². The van der Waals surface area contributed by atoms with Crippen LogP contribution in [0.25, 0.3) is 0 Å². The summed E-state index contributed by atoms with van der Waals surface area (Å²) in [6.07, 6.45) is 1.69. The number of fused-ring (bicyclic) bond motifs is 1. The number of rotatable bonds is 6. The summed E-state index contributed by atoms with van der Waals surface area (Å²) in [6.45, 7) is 3.57. The molecule has 0 amide bonds. The van der Waals surface area contributed by atoms with E-state index in [1.165, 1.54) is 36.2 Å². The first-order valence-corrected chi connectivity index (χ1v) is 11.4. The topological polar surface area (TPSA) is 72.0 Å². The van der Waals surface area contributed by atoms with Gasteiger partial charge in [0.05, 0.1) is 31.3 Å². The van der Waals surface area contributed by atoms with Gasteiger partial charge in [0.15, 0.2) is 17.3 Å². The van der Waals surface area contributed by atoms with E-state index in [0.29, 0.717) is 42.6 Å². The molecule has 2 aromatic carbocycles. The summed E-state index contributed by atoms with van der Waals surface area (Å²) in [5.41, 5.74) is 2.92. The van der Waals surface area contributed by atoms with Crippen molar-refractivity contribution in [3.05, 3.63) is 71.9 Å². The van der Waals surface area contributed by atoms with Crippen molar-refractivity contribution in [1.82, 2.24) is 4.98 Å². The third kappa shape index (κ3) is 4.03. The van der Waals surface area contributed by atoms with Crippen LogP contribution < -0.4 is 18.7 Å². The molecule has 0 unspecified atom stereocenters. The van der Waals surface area contributed by atoms with Gasteiger partial charge in [0, 0.05) is 25.4 Å². The molecule has 0 fully saturated rings. The lowest BCUT2D eigenvalue weighted by molar-refractivity contribution is 0.354. The van der Waals surface area contributed by atoms with Crippen molar-refractivity contribution in [3.63, 3.8) is 0 Å². The van der Waals surface area contributed by atoms with E-state index in [-0.39, 0.29) is 4.90 Å². The van der Waals surface area contributed by atoms with E-state index in [1.54, 1.807) is 24.4 Å². The molecule has 7 nitrogen and oxygen atoms in total. The largest absolute Gasteiger partial charge is 0.493 e. The molecule has 1 aliphatic heterocycles. The SMILES string of the molecule is COc1ccc(S(=O)(=O)N2CCN(Cc3ccc(C)cc3)c3ncccc32)cc1OC. The van der Waals surface area contributed by atoms with E-state index >= 15 is 0 Å². The Morgan fingerprint density at radius 3 is 2.42 bits per heavy atom. The Morgan fingerprint density at radius 2 is 1.71 bits per heavy atom. The van der Waals surface area contributed by atoms with Crippen LogP contribution in [-0.2, 0) is 16.6 Å².